The number of carboxylic acids is 1. The summed E-state index contributed by atoms with van der Waals surface area (Å²) in [6, 6.07) is 7.49. The minimum absolute atomic E-state index is 0.0364. The fraction of sp³-hybridized carbons (Fsp3) is 0.500. The highest BCUT2D eigenvalue weighted by molar-refractivity contribution is 5.96. The third kappa shape index (κ3) is 5.95. The Morgan fingerprint density at radius 1 is 1.24 bits per heavy atom. The Morgan fingerprint density at radius 3 is 2.52 bits per heavy atom. The van der Waals surface area contributed by atoms with E-state index in [1.54, 1.807) is 6.07 Å². The number of rotatable bonds is 8. The van der Waals surface area contributed by atoms with Gasteiger partial charge in [0.05, 0.1) is 0 Å². The van der Waals surface area contributed by atoms with Crippen molar-refractivity contribution in [3.63, 3.8) is 0 Å². The molecule has 3 N–H and O–H groups in total. The summed E-state index contributed by atoms with van der Waals surface area (Å²) in [4.78, 5) is 23.1. The SMILES string of the molecule is CNCCc1ccccc1C(=O)NC(C)(C)CCC(=O)O. The molecule has 0 aliphatic rings. The van der Waals surface area contributed by atoms with Crippen molar-refractivity contribution < 1.29 is 14.7 Å². The fourth-order valence-electron chi connectivity index (χ4n) is 2.08. The lowest BCUT2D eigenvalue weighted by atomic mass is 9.96. The van der Waals surface area contributed by atoms with Gasteiger partial charge in [0.15, 0.2) is 0 Å². The van der Waals surface area contributed by atoms with Crippen LogP contribution in [0.25, 0.3) is 0 Å². The van der Waals surface area contributed by atoms with Gasteiger partial charge in [-0.2, -0.15) is 0 Å². The zero-order chi connectivity index (χ0) is 15.9. The van der Waals surface area contributed by atoms with Crippen LogP contribution in [0, 0.1) is 0 Å². The molecule has 0 saturated heterocycles. The van der Waals surface area contributed by atoms with Gasteiger partial charge >= 0.3 is 5.97 Å². The Balaban J connectivity index is 2.76. The molecule has 0 spiro atoms. The summed E-state index contributed by atoms with van der Waals surface area (Å²) in [5.74, 6) is -1.01. The lowest BCUT2D eigenvalue weighted by molar-refractivity contribution is -0.137. The van der Waals surface area contributed by atoms with Crippen LogP contribution in [0.2, 0.25) is 0 Å². The topological polar surface area (TPSA) is 78.4 Å². The molecule has 0 saturated carbocycles. The maximum atomic E-state index is 12.4. The van der Waals surface area contributed by atoms with Gasteiger partial charge in [-0.3, -0.25) is 9.59 Å². The molecule has 116 valence electrons. The lowest BCUT2D eigenvalue weighted by Crippen LogP contribution is -2.44. The van der Waals surface area contributed by atoms with Crippen molar-refractivity contribution in [1.29, 1.82) is 0 Å². The molecule has 0 aliphatic heterocycles. The van der Waals surface area contributed by atoms with Gasteiger partial charge in [0.25, 0.3) is 5.91 Å². The van der Waals surface area contributed by atoms with Crippen LogP contribution < -0.4 is 10.6 Å². The minimum Gasteiger partial charge on any atom is -0.481 e. The fourth-order valence-corrected chi connectivity index (χ4v) is 2.08. The van der Waals surface area contributed by atoms with E-state index in [2.05, 4.69) is 10.6 Å². The molecule has 1 rings (SSSR count). The summed E-state index contributed by atoms with van der Waals surface area (Å²) in [6.45, 7) is 4.47. The highest BCUT2D eigenvalue weighted by Gasteiger charge is 2.23. The average molecular weight is 292 g/mol. The van der Waals surface area contributed by atoms with E-state index in [-0.39, 0.29) is 12.3 Å². The minimum atomic E-state index is -0.855. The number of aliphatic carboxylic acids is 1. The van der Waals surface area contributed by atoms with E-state index in [0.717, 1.165) is 18.5 Å². The Kier molecular flexibility index (Phi) is 6.37. The number of nitrogens with one attached hydrogen (secondary N) is 2. The molecule has 0 fully saturated rings. The van der Waals surface area contributed by atoms with Gasteiger partial charge in [-0.15, -0.1) is 0 Å². The first-order chi connectivity index (χ1) is 9.85. The smallest absolute Gasteiger partial charge is 0.303 e. The van der Waals surface area contributed by atoms with Crippen LogP contribution in [0.5, 0.6) is 0 Å². The standard InChI is InChI=1S/C16H24N2O3/c1-16(2,10-8-14(19)20)18-15(21)13-7-5-4-6-12(13)9-11-17-3/h4-7,17H,8-11H2,1-3H3,(H,18,21)(H,19,20). The number of likely N-dealkylation sites (N-methyl/N-ethyl adjacent to an activating group) is 1. The third-order valence-electron chi connectivity index (χ3n) is 3.32. The zero-order valence-electron chi connectivity index (χ0n) is 12.9. The van der Waals surface area contributed by atoms with Crippen LogP contribution >= 0.6 is 0 Å². The van der Waals surface area contributed by atoms with Gasteiger partial charge in [-0.25, -0.2) is 0 Å². The maximum absolute atomic E-state index is 12.4. The van der Waals surface area contributed by atoms with Gasteiger partial charge in [0.2, 0.25) is 0 Å². The van der Waals surface area contributed by atoms with Crippen molar-refractivity contribution in [3.8, 4) is 0 Å². The number of carbonyl (C=O) groups is 2. The Bertz CT molecular complexity index is 498. The van der Waals surface area contributed by atoms with E-state index in [9.17, 15) is 9.59 Å². The van der Waals surface area contributed by atoms with Crippen molar-refractivity contribution >= 4 is 11.9 Å². The van der Waals surface area contributed by atoms with E-state index in [4.69, 9.17) is 5.11 Å². The normalized spacial score (nSPS) is 11.2. The summed E-state index contributed by atoms with van der Waals surface area (Å²) in [5, 5.41) is 14.7. The molecule has 0 atom stereocenters. The third-order valence-corrected chi connectivity index (χ3v) is 3.32. The van der Waals surface area contributed by atoms with Gasteiger partial charge in [0, 0.05) is 17.5 Å². The van der Waals surface area contributed by atoms with Crippen LogP contribution in [0.4, 0.5) is 0 Å². The van der Waals surface area contributed by atoms with Crippen molar-refractivity contribution in [2.75, 3.05) is 13.6 Å². The monoisotopic (exact) mass is 292 g/mol. The highest BCUT2D eigenvalue weighted by Crippen LogP contribution is 2.15. The first-order valence-corrected chi connectivity index (χ1v) is 7.12. The maximum Gasteiger partial charge on any atom is 0.303 e. The second-order valence-corrected chi connectivity index (χ2v) is 5.74. The molecular weight excluding hydrogens is 268 g/mol. The Hall–Kier alpha value is -1.88. The predicted octanol–water partition coefficient (Wildman–Crippen LogP) is 1.82. The van der Waals surface area contributed by atoms with Gasteiger partial charge in [0.1, 0.15) is 0 Å². The Labute approximate surface area is 125 Å². The zero-order valence-corrected chi connectivity index (χ0v) is 12.9. The number of carboxylic acid groups (broad SMARTS) is 1. The number of carbonyl (C=O) groups excluding carboxylic acids is 1. The summed E-state index contributed by atoms with van der Waals surface area (Å²) in [6.07, 6.45) is 1.21. The number of amides is 1. The van der Waals surface area contributed by atoms with E-state index < -0.39 is 11.5 Å². The van der Waals surface area contributed by atoms with Crippen LogP contribution in [-0.4, -0.2) is 36.1 Å². The van der Waals surface area contributed by atoms with Crippen molar-refractivity contribution in [2.45, 2.75) is 38.6 Å². The number of benzene rings is 1. The highest BCUT2D eigenvalue weighted by atomic mass is 16.4. The molecule has 1 aromatic carbocycles. The molecule has 0 unspecified atom stereocenters. The van der Waals surface area contributed by atoms with Crippen LogP contribution in [-0.2, 0) is 11.2 Å². The van der Waals surface area contributed by atoms with Gasteiger partial charge < -0.3 is 15.7 Å². The predicted molar refractivity (Wildman–Crippen MR) is 82.5 cm³/mol. The first-order valence-electron chi connectivity index (χ1n) is 7.12. The first kappa shape index (κ1) is 17.2. The Morgan fingerprint density at radius 2 is 1.90 bits per heavy atom. The molecule has 1 amide bonds. The second kappa shape index (κ2) is 7.78. The summed E-state index contributed by atoms with van der Waals surface area (Å²) in [7, 11) is 1.87. The molecule has 1 aromatic rings. The summed E-state index contributed by atoms with van der Waals surface area (Å²) in [5.41, 5.74) is 1.08. The number of hydrogen-bond donors (Lipinski definition) is 3. The van der Waals surface area contributed by atoms with E-state index in [1.807, 2.05) is 39.1 Å². The van der Waals surface area contributed by atoms with Crippen LogP contribution in [0.15, 0.2) is 24.3 Å². The van der Waals surface area contributed by atoms with E-state index >= 15 is 0 Å². The quantitative estimate of drug-likeness (QED) is 0.683. The van der Waals surface area contributed by atoms with Crippen LogP contribution in [0.3, 0.4) is 0 Å². The molecule has 0 radical (unpaired) electrons. The van der Waals surface area contributed by atoms with Crippen molar-refractivity contribution in [2.24, 2.45) is 0 Å². The van der Waals surface area contributed by atoms with Crippen molar-refractivity contribution in [1.82, 2.24) is 10.6 Å². The molecule has 0 heterocycles. The molecule has 0 aliphatic carbocycles. The second-order valence-electron chi connectivity index (χ2n) is 5.74. The molecule has 21 heavy (non-hydrogen) atoms. The van der Waals surface area contributed by atoms with Gasteiger partial charge in [-0.1, -0.05) is 18.2 Å². The molecular formula is C16H24N2O3. The number of hydrogen-bond acceptors (Lipinski definition) is 3. The molecule has 0 aromatic heterocycles. The average Bonchev–Trinajstić information content (AvgIpc) is 2.43. The van der Waals surface area contributed by atoms with Crippen molar-refractivity contribution in [3.05, 3.63) is 35.4 Å². The van der Waals surface area contributed by atoms with E-state index in [1.165, 1.54) is 0 Å². The van der Waals surface area contributed by atoms with Gasteiger partial charge in [-0.05, 0) is 51.9 Å². The largest absolute Gasteiger partial charge is 0.481 e. The summed E-state index contributed by atoms with van der Waals surface area (Å²) >= 11 is 0. The summed E-state index contributed by atoms with van der Waals surface area (Å²) < 4.78 is 0. The molecule has 5 heteroatoms. The lowest BCUT2D eigenvalue weighted by Gasteiger charge is -2.26. The van der Waals surface area contributed by atoms with E-state index in [0.29, 0.717) is 12.0 Å². The molecule has 5 nitrogen and oxygen atoms in total. The molecule has 0 bridgehead atoms. The van der Waals surface area contributed by atoms with Crippen LogP contribution in [0.1, 0.15) is 42.6 Å².